The van der Waals surface area contributed by atoms with Crippen molar-refractivity contribution in [3.8, 4) is 22.3 Å². The van der Waals surface area contributed by atoms with Crippen LogP contribution in [0.15, 0.2) is 21.8 Å². The minimum atomic E-state index is -3.48. The highest BCUT2D eigenvalue weighted by molar-refractivity contribution is 7.90. The Balaban J connectivity index is 2.13. The molecule has 0 saturated carbocycles. The van der Waals surface area contributed by atoms with Gasteiger partial charge in [-0.05, 0) is 45.4 Å². The van der Waals surface area contributed by atoms with E-state index in [1.54, 1.807) is 0 Å². The number of hydrogen-bond donors (Lipinski definition) is 1. The van der Waals surface area contributed by atoms with Crippen molar-refractivity contribution in [2.45, 2.75) is 32.9 Å². The molecule has 3 aromatic heterocycles. The normalized spacial score (nSPS) is 12.2. The number of rotatable bonds is 3. The molecule has 4 aromatic rings. The molecule has 0 radical (unpaired) electrons. The molecule has 0 aliphatic carbocycles. The number of H-pyrrole nitrogens is 1. The summed E-state index contributed by atoms with van der Waals surface area (Å²) in [7, 11) is -1.60. The van der Waals surface area contributed by atoms with Gasteiger partial charge in [0.05, 0.1) is 22.4 Å². The summed E-state index contributed by atoms with van der Waals surface area (Å²) < 4.78 is 31.3. The number of nitrogens with zero attached hydrogens (tertiary/aromatic N) is 4. The van der Waals surface area contributed by atoms with Gasteiger partial charge in [0.25, 0.3) is 0 Å². The maximum absolute atomic E-state index is 12.1. The van der Waals surface area contributed by atoms with Crippen LogP contribution in [0.1, 0.15) is 22.8 Å². The van der Waals surface area contributed by atoms with Crippen molar-refractivity contribution >= 4 is 20.9 Å². The lowest BCUT2D eigenvalue weighted by atomic mass is 9.95. The molecule has 1 N–H and O–H groups in total. The number of aromatic amines is 1. The molecule has 0 unspecified atom stereocenters. The fourth-order valence-corrected chi connectivity index (χ4v) is 4.22. The maximum atomic E-state index is 12.1. The molecule has 1 aromatic carbocycles. The van der Waals surface area contributed by atoms with Gasteiger partial charge < -0.3 is 9.51 Å². The lowest BCUT2D eigenvalue weighted by Crippen LogP contribution is -1.98. The van der Waals surface area contributed by atoms with Crippen LogP contribution in [0.5, 0.6) is 0 Å². The van der Waals surface area contributed by atoms with E-state index in [4.69, 9.17) is 4.52 Å². The summed E-state index contributed by atoms with van der Waals surface area (Å²) in [6.07, 6.45) is 1.14. The zero-order chi connectivity index (χ0) is 20.4. The van der Waals surface area contributed by atoms with Gasteiger partial charge in [0.2, 0.25) is 15.0 Å². The van der Waals surface area contributed by atoms with Crippen molar-refractivity contribution in [3.63, 3.8) is 0 Å². The lowest BCUT2D eigenvalue weighted by Gasteiger charge is -2.08. The molecular weight excluding hydrogens is 378 g/mol. The zero-order valence-corrected chi connectivity index (χ0v) is 17.4. The van der Waals surface area contributed by atoms with E-state index in [1.165, 1.54) is 0 Å². The minimum Gasteiger partial charge on any atom is -0.361 e. The van der Waals surface area contributed by atoms with E-state index in [-0.39, 0.29) is 5.16 Å². The van der Waals surface area contributed by atoms with Gasteiger partial charge in [0.1, 0.15) is 5.76 Å². The second kappa shape index (κ2) is 6.03. The predicted octanol–water partition coefficient (Wildman–Crippen LogP) is 3.26. The molecule has 0 atom stereocenters. The van der Waals surface area contributed by atoms with Gasteiger partial charge in [-0.25, -0.2) is 13.4 Å². The first-order chi connectivity index (χ1) is 13.1. The quantitative estimate of drug-likeness (QED) is 0.567. The van der Waals surface area contributed by atoms with Gasteiger partial charge >= 0.3 is 0 Å². The molecule has 4 rings (SSSR count). The first-order valence-corrected chi connectivity index (χ1v) is 10.6. The SMILES string of the molecule is Cc1noc(C)c1-c1cc(-c2c(C)nn(C)c2C)c2nc(S(C)(=O)=O)[nH]c2c1. The standard InChI is InChI=1S/C19H21N5O3S/c1-9-16(11(3)24(5)22-9)14-7-13(17-10(2)23-27-12(17)4)8-15-18(14)21-19(20-15)28(6,25)26/h7-8H,1-6H3,(H,20,21). The Kier molecular flexibility index (Phi) is 3.97. The molecule has 0 fully saturated rings. The monoisotopic (exact) mass is 399 g/mol. The van der Waals surface area contributed by atoms with E-state index >= 15 is 0 Å². The van der Waals surface area contributed by atoms with E-state index in [0.717, 1.165) is 45.6 Å². The van der Waals surface area contributed by atoms with E-state index in [0.29, 0.717) is 16.8 Å². The molecule has 0 spiro atoms. The molecular formula is C19H21N5O3S. The molecule has 146 valence electrons. The van der Waals surface area contributed by atoms with E-state index in [9.17, 15) is 8.42 Å². The number of benzene rings is 1. The number of fused-ring (bicyclic) bond motifs is 1. The van der Waals surface area contributed by atoms with Gasteiger partial charge in [-0.1, -0.05) is 5.16 Å². The molecule has 8 nitrogen and oxygen atoms in total. The molecule has 28 heavy (non-hydrogen) atoms. The Morgan fingerprint density at radius 1 is 1.07 bits per heavy atom. The average Bonchev–Trinajstić information content (AvgIpc) is 3.24. The van der Waals surface area contributed by atoms with Gasteiger partial charge in [-0.3, -0.25) is 4.68 Å². The largest absolute Gasteiger partial charge is 0.361 e. The predicted molar refractivity (Wildman–Crippen MR) is 106 cm³/mol. The summed E-state index contributed by atoms with van der Waals surface area (Å²) in [5.74, 6) is 0.699. The number of sulfone groups is 1. The minimum absolute atomic E-state index is 0.0566. The van der Waals surface area contributed by atoms with Crippen LogP contribution in [0, 0.1) is 27.7 Å². The summed E-state index contributed by atoms with van der Waals surface area (Å²) in [5, 5.41) is 8.50. The Morgan fingerprint density at radius 3 is 2.32 bits per heavy atom. The second-order valence-corrected chi connectivity index (χ2v) is 9.03. The lowest BCUT2D eigenvalue weighted by molar-refractivity contribution is 0.393. The number of hydrogen-bond acceptors (Lipinski definition) is 6. The Hall–Kier alpha value is -2.94. The van der Waals surface area contributed by atoms with Gasteiger partial charge in [-0.15, -0.1) is 0 Å². The third-order valence-electron chi connectivity index (χ3n) is 5.02. The highest BCUT2D eigenvalue weighted by Gasteiger charge is 2.22. The Bertz CT molecular complexity index is 1320. The van der Waals surface area contributed by atoms with Gasteiger partial charge in [-0.2, -0.15) is 5.10 Å². The molecule has 0 aliphatic rings. The first kappa shape index (κ1) is 18.4. The third kappa shape index (κ3) is 2.73. The Morgan fingerprint density at radius 2 is 1.79 bits per heavy atom. The fraction of sp³-hybridized carbons (Fsp3) is 0.316. The van der Waals surface area contributed by atoms with Crippen LogP contribution in [0.3, 0.4) is 0 Å². The first-order valence-electron chi connectivity index (χ1n) is 8.75. The number of nitrogens with one attached hydrogen (secondary N) is 1. The van der Waals surface area contributed by atoms with E-state index in [1.807, 2.05) is 51.6 Å². The topological polar surface area (TPSA) is 107 Å². The smallest absolute Gasteiger partial charge is 0.225 e. The van der Waals surface area contributed by atoms with Crippen LogP contribution in [-0.2, 0) is 16.9 Å². The second-order valence-electron chi connectivity index (χ2n) is 7.10. The zero-order valence-electron chi connectivity index (χ0n) is 16.6. The molecule has 0 bridgehead atoms. The van der Waals surface area contributed by atoms with Crippen LogP contribution in [0.2, 0.25) is 0 Å². The summed E-state index contributed by atoms with van der Waals surface area (Å²) in [6, 6.07) is 3.88. The van der Waals surface area contributed by atoms with Crippen molar-refractivity contribution < 1.29 is 12.9 Å². The van der Waals surface area contributed by atoms with Gasteiger partial charge in [0.15, 0.2) is 0 Å². The number of aryl methyl sites for hydroxylation is 4. The van der Waals surface area contributed by atoms with Crippen molar-refractivity contribution in [3.05, 3.63) is 35.0 Å². The molecule has 3 heterocycles. The van der Waals surface area contributed by atoms with Crippen molar-refractivity contribution in [1.29, 1.82) is 0 Å². The molecule has 0 saturated heterocycles. The fourth-order valence-electron chi connectivity index (χ4n) is 3.66. The highest BCUT2D eigenvalue weighted by atomic mass is 32.2. The number of aromatic nitrogens is 5. The van der Waals surface area contributed by atoms with Crippen LogP contribution in [0.25, 0.3) is 33.3 Å². The number of imidazole rings is 1. The van der Waals surface area contributed by atoms with Gasteiger partial charge in [0, 0.05) is 35.7 Å². The maximum Gasteiger partial charge on any atom is 0.225 e. The highest BCUT2D eigenvalue weighted by Crippen LogP contribution is 2.38. The third-order valence-corrected chi connectivity index (χ3v) is 5.91. The summed E-state index contributed by atoms with van der Waals surface area (Å²) in [4.78, 5) is 7.35. The molecule has 0 amide bonds. The van der Waals surface area contributed by atoms with Crippen LogP contribution in [0.4, 0.5) is 0 Å². The van der Waals surface area contributed by atoms with Crippen LogP contribution >= 0.6 is 0 Å². The van der Waals surface area contributed by atoms with E-state index in [2.05, 4.69) is 20.2 Å². The van der Waals surface area contributed by atoms with Crippen molar-refractivity contribution in [2.75, 3.05) is 6.26 Å². The Labute approximate surface area is 162 Å². The van der Waals surface area contributed by atoms with E-state index < -0.39 is 9.84 Å². The molecule has 0 aliphatic heterocycles. The average molecular weight is 399 g/mol. The summed E-state index contributed by atoms with van der Waals surface area (Å²) in [6.45, 7) is 7.65. The van der Waals surface area contributed by atoms with Crippen LogP contribution in [-0.4, -0.2) is 39.6 Å². The van der Waals surface area contributed by atoms with Crippen molar-refractivity contribution in [2.24, 2.45) is 7.05 Å². The summed E-state index contributed by atoms with van der Waals surface area (Å²) >= 11 is 0. The summed E-state index contributed by atoms with van der Waals surface area (Å²) in [5.41, 5.74) is 7.34. The van der Waals surface area contributed by atoms with Crippen molar-refractivity contribution in [1.82, 2.24) is 24.9 Å². The molecule has 9 heteroatoms. The van der Waals surface area contributed by atoms with Crippen LogP contribution < -0.4 is 0 Å².